The number of halogens is 3. The fraction of sp³-hybridized carbons (Fsp3) is 0.400. The monoisotopic (exact) mass is 545 g/mol. The number of nitrogens with one attached hydrogen (secondary N) is 2. The number of rotatable bonds is 6. The molecular formula is C25H26ClF2N7OS. The maximum atomic E-state index is 16.3. The van der Waals surface area contributed by atoms with Gasteiger partial charge >= 0.3 is 6.01 Å². The summed E-state index contributed by atoms with van der Waals surface area (Å²) in [6.45, 7) is 3.07. The van der Waals surface area contributed by atoms with Gasteiger partial charge in [-0.05, 0) is 57.6 Å². The van der Waals surface area contributed by atoms with Crippen molar-refractivity contribution in [2.24, 2.45) is 0 Å². The van der Waals surface area contributed by atoms with Crippen LogP contribution >= 0.6 is 22.9 Å². The summed E-state index contributed by atoms with van der Waals surface area (Å²) >= 11 is 7.66. The number of nitrogen functional groups attached to an aromatic ring is 1. The predicted molar refractivity (Wildman–Crippen MR) is 144 cm³/mol. The molecule has 4 aromatic rings. The van der Waals surface area contributed by atoms with Crippen LogP contribution in [0.15, 0.2) is 18.2 Å². The van der Waals surface area contributed by atoms with Crippen molar-refractivity contribution in [1.82, 2.24) is 25.2 Å². The molecule has 0 saturated carbocycles. The van der Waals surface area contributed by atoms with Crippen LogP contribution in [0.5, 0.6) is 6.01 Å². The van der Waals surface area contributed by atoms with Gasteiger partial charge in [-0.3, -0.25) is 0 Å². The van der Waals surface area contributed by atoms with Crippen LogP contribution in [0.1, 0.15) is 19.3 Å². The molecule has 0 radical (unpaired) electrons. The number of benzene rings is 2. The standard InChI is InChI=1S/C25H26ClF2N7OS/c1-35-8-2-3-13(35)11-36-25-33-20-15(23(34-25)31-12-6-7-30-10-12)9-16(26)18(19(20)28)14-4-5-17(27)22-21(14)32-24(29)37-22/h4-5,9,12-13,30H,2-3,6-8,10-11H2,1H3,(H2,29,32)(H,31,33,34). The molecule has 2 fully saturated rings. The van der Waals surface area contributed by atoms with Crippen molar-refractivity contribution in [3.63, 3.8) is 0 Å². The maximum Gasteiger partial charge on any atom is 0.319 e. The van der Waals surface area contributed by atoms with Crippen molar-refractivity contribution < 1.29 is 13.5 Å². The van der Waals surface area contributed by atoms with E-state index in [-0.39, 0.29) is 49.5 Å². The highest BCUT2D eigenvalue weighted by atomic mass is 35.5. The van der Waals surface area contributed by atoms with E-state index >= 15 is 4.39 Å². The Labute approximate surface area is 221 Å². The van der Waals surface area contributed by atoms with Gasteiger partial charge in [0, 0.05) is 35.1 Å². The van der Waals surface area contributed by atoms with Crippen molar-refractivity contribution in [2.45, 2.75) is 31.3 Å². The van der Waals surface area contributed by atoms with Crippen molar-refractivity contribution in [2.75, 3.05) is 44.3 Å². The Bertz CT molecular complexity index is 1490. The molecular weight excluding hydrogens is 520 g/mol. The number of hydrogen-bond acceptors (Lipinski definition) is 9. The number of anilines is 2. The molecule has 2 aromatic heterocycles. The van der Waals surface area contributed by atoms with E-state index in [9.17, 15) is 4.39 Å². The molecule has 12 heteroatoms. The number of likely N-dealkylation sites (N-methyl/N-ethyl adjacent to an activating group) is 1. The second-order valence-corrected chi connectivity index (χ2v) is 11.0. The molecule has 0 amide bonds. The average molecular weight is 546 g/mol. The molecule has 0 spiro atoms. The Morgan fingerprint density at radius 2 is 2.11 bits per heavy atom. The quantitative estimate of drug-likeness (QED) is 0.321. The summed E-state index contributed by atoms with van der Waals surface area (Å²) in [7, 11) is 2.06. The van der Waals surface area contributed by atoms with Crippen molar-refractivity contribution in [3.8, 4) is 17.1 Å². The van der Waals surface area contributed by atoms with Gasteiger partial charge in [0.25, 0.3) is 0 Å². The van der Waals surface area contributed by atoms with Gasteiger partial charge in [0.2, 0.25) is 0 Å². The van der Waals surface area contributed by atoms with Gasteiger partial charge in [-0.25, -0.2) is 13.8 Å². The van der Waals surface area contributed by atoms with E-state index in [0.29, 0.717) is 23.4 Å². The van der Waals surface area contributed by atoms with Gasteiger partial charge < -0.3 is 26.0 Å². The lowest BCUT2D eigenvalue weighted by molar-refractivity contribution is 0.188. The third-order valence-corrected chi connectivity index (χ3v) is 8.31. The Kier molecular flexibility index (Phi) is 6.47. The van der Waals surface area contributed by atoms with Crippen LogP contribution in [0.4, 0.5) is 19.7 Å². The number of thiazole rings is 1. The van der Waals surface area contributed by atoms with Gasteiger partial charge in [0.1, 0.15) is 23.8 Å². The second-order valence-electron chi connectivity index (χ2n) is 9.54. The highest BCUT2D eigenvalue weighted by molar-refractivity contribution is 7.22. The smallest absolute Gasteiger partial charge is 0.319 e. The first-order valence-electron chi connectivity index (χ1n) is 12.2. The lowest BCUT2D eigenvalue weighted by Crippen LogP contribution is -2.31. The molecule has 4 heterocycles. The molecule has 2 aromatic carbocycles. The summed E-state index contributed by atoms with van der Waals surface area (Å²) in [5, 5.41) is 7.49. The van der Waals surface area contributed by atoms with Crippen LogP contribution in [0, 0.1) is 11.6 Å². The van der Waals surface area contributed by atoms with E-state index in [2.05, 4.69) is 37.5 Å². The Morgan fingerprint density at radius 3 is 2.86 bits per heavy atom. The van der Waals surface area contributed by atoms with E-state index in [1.807, 2.05) is 0 Å². The fourth-order valence-corrected chi connectivity index (χ4v) is 6.18. The van der Waals surface area contributed by atoms with Gasteiger partial charge in [-0.1, -0.05) is 22.9 Å². The van der Waals surface area contributed by atoms with Crippen molar-refractivity contribution in [1.29, 1.82) is 0 Å². The van der Waals surface area contributed by atoms with Gasteiger partial charge in [0.15, 0.2) is 10.9 Å². The first-order valence-corrected chi connectivity index (χ1v) is 13.4. The predicted octanol–water partition coefficient (Wildman–Crippen LogP) is 4.67. The topological polar surface area (TPSA) is 101 Å². The molecule has 37 heavy (non-hydrogen) atoms. The van der Waals surface area contributed by atoms with Crippen molar-refractivity contribution in [3.05, 3.63) is 34.9 Å². The Hall–Kier alpha value is -2.86. The number of nitrogens with two attached hydrogens (primary N) is 1. The zero-order valence-corrected chi connectivity index (χ0v) is 21.7. The van der Waals surface area contributed by atoms with Crippen LogP contribution in [-0.4, -0.2) is 65.2 Å². The second kappa shape index (κ2) is 9.79. The Morgan fingerprint density at radius 1 is 1.24 bits per heavy atom. The maximum absolute atomic E-state index is 16.3. The van der Waals surface area contributed by atoms with E-state index in [1.165, 1.54) is 12.1 Å². The van der Waals surface area contributed by atoms with Crippen LogP contribution in [0.3, 0.4) is 0 Å². The number of likely N-dealkylation sites (tertiary alicyclic amines) is 1. The number of nitrogens with zero attached hydrogens (tertiary/aromatic N) is 4. The minimum atomic E-state index is -0.653. The minimum Gasteiger partial charge on any atom is -0.462 e. The number of hydrogen-bond donors (Lipinski definition) is 3. The van der Waals surface area contributed by atoms with E-state index in [4.69, 9.17) is 22.1 Å². The van der Waals surface area contributed by atoms with Gasteiger partial charge in [-0.2, -0.15) is 9.97 Å². The first-order chi connectivity index (χ1) is 17.9. The van der Waals surface area contributed by atoms with Crippen LogP contribution in [0.2, 0.25) is 5.02 Å². The molecule has 0 aliphatic carbocycles. The molecule has 6 rings (SSSR count). The van der Waals surface area contributed by atoms with Crippen molar-refractivity contribution >= 4 is 55.0 Å². The van der Waals surface area contributed by atoms with Crippen LogP contribution in [-0.2, 0) is 0 Å². The summed E-state index contributed by atoms with van der Waals surface area (Å²) in [6.07, 6.45) is 3.03. The van der Waals surface area contributed by atoms with Crippen LogP contribution < -0.4 is 21.1 Å². The first kappa shape index (κ1) is 24.5. The number of aromatic nitrogens is 3. The molecule has 8 nitrogen and oxygen atoms in total. The highest BCUT2D eigenvalue weighted by Crippen LogP contribution is 2.42. The van der Waals surface area contributed by atoms with Crippen LogP contribution in [0.25, 0.3) is 32.2 Å². The van der Waals surface area contributed by atoms with E-state index in [0.717, 1.165) is 50.2 Å². The normalized spacial score (nSPS) is 20.3. The zero-order valence-electron chi connectivity index (χ0n) is 20.2. The molecule has 194 valence electrons. The molecule has 2 aliphatic heterocycles. The summed E-state index contributed by atoms with van der Waals surface area (Å²) in [4.78, 5) is 15.6. The number of fused-ring (bicyclic) bond motifs is 2. The number of ether oxygens (including phenoxy) is 1. The van der Waals surface area contributed by atoms with Gasteiger partial charge in [-0.15, -0.1) is 0 Å². The molecule has 0 bridgehead atoms. The third kappa shape index (κ3) is 4.54. The summed E-state index contributed by atoms with van der Waals surface area (Å²) in [5.41, 5.74) is 6.60. The molecule has 2 saturated heterocycles. The minimum absolute atomic E-state index is 0.0679. The summed E-state index contributed by atoms with van der Waals surface area (Å²) in [6, 6.07) is 4.84. The molecule has 4 N–H and O–H groups in total. The SMILES string of the molecule is CN1CCCC1COc1nc(NC2CCNC2)c2cc(Cl)c(-c3ccc(F)c4sc(N)nc34)c(F)c2n1. The van der Waals surface area contributed by atoms with E-state index in [1.54, 1.807) is 6.07 Å². The zero-order chi connectivity index (χ0) is 25.7. The summed E-state index contributed by atoms with van der Waals surface area (Å²) < 4.78 is 37.0. The lowest BCUT2D eigenvalue weighted by Gasteiger charge is -2.20. The fourth-order valence-electron chi connectivity index (χ4n) is 5.12. The third-order valence-electron chi connectivity index (χ3n) is 7.12. The highest BCUT2D eigenvalue weighted by Gasteiger charge is 2.26. The van der Waals surface area contributed by atoms with E-state index < -0.39 is 11.6 Å². The average Bonchev–Trinajstić information content (AvgIpc) is 3.62. The Balaban J connectivity index is 1.48. The molecule has 2 aliphatic rings. The van der Waals surface area contributed by atoms with Gasteiger partial charge in [0.05, 0.1) is 15.2 Å². The lowest BCUT2D eigenvalue weighted by atomic mass is 10.0. The molecule has 2 atom stereocenters. The summed E-state index contributed by atoms with van der Waals surface area (Å²) in [5.74, 6) is -0.667. The molecule has 2 unspecified atom stereocenters. The largest absolute Gasteiger partial charge is 0.462 e.